The van der Waals surface area contributed by atoms with E-state index in [2.05, 4.69) is 28.7 Å². The molecular weight excluding hydrogens is 417 g/mol. The van der Waals surface area contributed by atoms with Crippen LogP contribution in [-0.4, -0.2) is 29.4 Å². The standard InChI is InChI=1S/C19H18INO3/c1-13(24-19(23)15-7-4-8-17(20)11-15)18(22)21-10-9-14-5-2-3-6-16(14)12-21/h2-8,11,13H,9-10,12H2,1H3. The van der Waals surface area contributed by atoms with E-state index in [1.165, 1.54) is 5.56 Å². The van der Waals surface area contributed by atoms with E-state index in [9.17, 15) is 9.59 Å². The van der Waals surface area contributed by atoms with Crippen molar-refractivity contribution in [3.05, 3.63) is 68.8 Å². The van der Waals surface area contributed by atoms with Gasteiger partial charge >= 0.3 is 5.97 Å². The maximum absolute atomic E-state index is 12.6. The van der Waals surface area contributed by atoms with Gasteiger partial charge in [-0.25, -0.2) is 4.79 Å². The Morgan fingerprint density at radius 2 is 1.88 bits per heavy atom. The predicted molar refractivity (Wildman–Crippen MR) is 99.6 cm³/mol. The van der Waals surface area contributed by atoms with Crippen LogP contribution in [0.25, 0.3) is 0 Å². The molecule has 0 radical (unpaired) electrons. The van der Waals surface area contributed by atoms with Crippen molar-refractivity contribution in [1.82, 2.24) is 4.90 Å². The number of esters is 1. The van der Waals surface area contributed by atoms with Crippen molar-refractivity contribution in [2.45, 2.75) is 26.0 Å². The molecule has 0 aliphatic carbocycles. The summed E-state index contributed by atoms with van der Waals surface area (Å²) in [5.41, 5.74) is 2.91. The zero-order chi connectivity index (χ0) is 17.1. The second-order valence-corrected chi connectivity index (χ2v) is 7.08. The molecule has 3 rings (SSSR count). The summed E-state index contributed by atoms with van der Waals surface area (Å²) in [4.78, 5) is 26.5. The summed E-state index contributed by atoms with van der Waals surface area (Å²) < 4.78 is 6.31. The van der Waals surface area contributed by atoms with Crippen LogP contribution in [0.1, 0.15) is 28.4 Å². The average Bonchev–Trinajstić information content (AvgIpc) is 2.60. The van der Waals surface area contributed by atoms with E-state index in [0.29, 0.717) is 18.7 Å². The Morgan fingerprint density at radius 3 is 2.62 bits per heavy atom. The van der Waals surface area contributed by atoms with Crippen LogP contribution in [0.4, 0.5) is 0 Å². The highest BCUT2D eigenvalue weighted by Gasteiger charge is 2.27. The summed E-state index contributed by atoms with van der Waals surface area (Å²) in [7, 11) is 0. The molecule has 0 saturated carbocycles. The van der Waals surface area contributed by atoms with Gasteiger partial charge in [0.15, 0.2) is 6.10 Å². The first kappa shape index (κ1) is 17.0. The van der Waals surface area contributed by atoms with Gasteiger partial charge in [0.1, 0.15) is 0 Å². The Balaban J connectivity index is 1.64. The molecule has 0 spiro atoms. The molecule has 5 heteroatoms. The minimum atomic E-state index is -0.791. The molecule has 0 saturated heterocycles. The first-order chi connectivity index (χ1) is 11.5. The smallest absolute Gasteiger partial charge is 0.338 e. The molecule has 0 aromatic heterocycles. The third-order valence-corrected chi connectivity index (χ3v) is 4.81. The third-order valence-electron chi connectivity index (χ3n) is 4.13. The number of ether oxygens (including phenoxy) is 1. The van der Waals surface area contributed by atoms with E-state index >= 15 is 0 Å². The molecule has 1 heterocycles. The van der Waals surface area contributed by atoms with Crippen LogP contribution in [0.15, 0.2) is 48.5 Å². The lowest BCUT2D eigenvalue weighted by atomic mass is 9.99. The van der Waals surface area contributed by atoms with Gasteiger partial charge < -0.3 is 9.64 Å². The fourth-order valence-corrected chi connectivity index (χ4v) is 3.38. The number of carbonyl (C=O) groups is 2. The maximum Gasteiger partial charge on any atom is 0.338 e. The normalized spacial score (nSPS) is 14.7. The zero-order valence-electron chi connectivity index (χ0n) is 13.4. The number of nitrogens with zero attached hydrogens (tertiary/aromatic N) is 1. The largest absolute Gasteiger partial charge is 0.449 e. The predicted octanol–water partition coefficient (Wildman–Crippen LogP) is 3.42. The van der Waals surface area contributed by atoms with Crippen LogP contribution in [-0.2, 0) is 22.5 Å². The molecule has 1 unspecified atom stereocenters. The molecule has 2 aromatic carbocycles. The van der Waals surface area contributed by atoms with Crippen molar-refractivity contribution >= 4 is 34.5 Å². The first-order valence-corrected chi connectivity index (χ1v) is 8.94. The molecule has 124 valence electrons. The molecule has 1 aliphatic heterocycles. The van der Waals surface area contributed by atoms with E-state index < -0.39 is 12.1 Å². The number of benzene rings is 2. The van der Waals surface area contributed by atoms with E-state index in [4.69, 9.17) is 4.74 Å². The maximum atomic E-state index is 12.6. The number of hydrogen-bond acceptors (Lipinski definition) is 3. The number of halogens is 1. The minimum absolute atomic E-state index is 0.150. The van der Waals surface area contributed by atoms with Crippen LogP contribution in [0.5, 0.6) is 0 Å². The van der Waals surface area contributed by atoms with Crippen molar-refractivity contribution < 1.29 is 14.3 Å². The summed E-state index contributed by atoms with van der Waals surface area (Å²) in [6.07, 6.45) is 0.0417. The Morgan fingerprint density at radius 1 is 1.12 bits per heavy atom. The van der Waals surface area contributed by atoms with Crippen LogP contribution in [0, 0.1) is 3.57 Å². The number of rotatable bonds is 3. The minimum Gasteiger partial charge on any atom is -0.449 e. The number of fused-ring (bicyclic) bond motifs is 1. The third kappa shape index (κ3) is 3.77. The van der Waals surface area contributed by atoms with Gasteiger partial charge in [-0.15, -0.1) is 0 Å². The van der Waals surface area contributed by atoms with Gasteiger partial charge in [0.2, 0.25) is 0 Å². The lowest BCUT2D eigenvalue weighted by Crippen LogP contribution is -2.42. The Kier molecular flexibility index (Phi) is 5.18. The second-order valence-electron chi connectivity index (χ2n) is 5.84. The van der Waals surface area contributed by atoms with E-state index in [1.807, 2.05) is 24.3 Å². The van der Waals surface area contributed by atoms with Gasteiger partial charge in [-0.2, -0.15) is 0 Å². The average molecular weight is 435 g/mol. The van der Waals surface area contributed by atoms with Gasteiger partial charge in [0.05, 0.1) is 5.56 Å². The summed E-state index contributed by atoms with van der Waals surface area (Å²) in [5, 5.41) is 0. The summed E-state index contributed by atoms with van der Waals surface area (Å²) in [6, 6.07) is 15.3. The molecule has 1 aliphatic rings. The number of amides is 1. The van der Waals surface area contributed by atoms with Gasteiger partial charge in [0.25, 0.3) is 5.91 Å². The summed E-state index contributed by atoms with van der Waals surface area (Å²) in [6.45, 7) is 2.86. The zero-order valence-corrected chi connectivity index (χ0v) is 15.5. The quantitative estimate of drug-likeness (QED) is 0.549. The molecular formula is C19H18INO3. The monoisotopic (exact) mass is 435 g/mol. The van der Waals surface area contributed by atoms with Gasteiger partial charge in [-0.05, 0) is 65.3 Å². The van der Waals surface area contributed by atoms with Crippen LogP contribution >= 0.6 is 22.6 Å². The highest BCUT2D eigenvalue weighted by atomic mass is 127. The Bertz CT molecular complexity index is 775. The van der Waals surface area contributed by atoms with Crippen LogP contribution in [0.2, 0.25) is 0 Å². The van der Waals surface area contributed by atoms with Crippen molar-refractivity contribution in [3.63, 3.8) is 0 Å². The summed E-state index contributed by atoms with van der Waals surface area (Å²) >= 11 is 2.14. The molecule has 0 fully saturated rings. The number of hydrogen-bond donors (Lipinski definition) is 0. The van der Waals surface area contributed by atoms with Crippen molar-refractivity contribution in [2.75, 3.05) is 6.54 Å². The van der Waals surface area contributed by atoms with Gasteiger partial charge in [-0.1, -0.05) is 30.3 Å². The van der Waals surface area contributed by atoms with Gasteiger partial charge in [0, 0.05) is 16.7 Å². The highest BCUT2D eigenvalue weighted by molar-refractivity contribution is 14.1. The summed E-state index contributed by atoms with van der Waals surface area (Å²) in [5.74, 6) is -0.616. The SMILES string of the molecule is CC(OC(=O)c1cccc(I)c1)C(=O)N1CCc2ccccc2C1. The van der Waals surface area contributed by atoms with E-state index in [0.717, 1.165) is 15.6 Å². The molecule has 4 nitrogen and oxygen atoms in total. The van der Waals surface area contributed by atoms with Crippen molar-refractivity contribution in [1.29, 1.82) is 0 Å². The highest BCUT2D eigenvalue weighted by Crippen LogP contribution is 2.20. The fraction of sp³-hybridized carbons (Fsp3) is 0.263. The molecule has 0 bridgehead atoms. The van der Waals surface area contributed by atoms with Crippen LogP contribution in [0.3, 0.4) is 0 Å². The molecule has 2 aromatic rings. The Hall–Kier alpha value is -1.89. The van der Waals surface area contributed by atoms with Crippen molar-refractivity contribution in [2.24, 2.45) is 0 Å². The molecule has 1 atom stereocenters. The molecule has 0 N–H and O–H groups in total. The van der Waals surface area contributed by atoms with E-state index in [1.54, 1.807) is 30.0 Å². The van der Waals surface area contributed by atoms with Gasteiger partial charge in [-0.3, -0.25) is 4.79 Å². The Labute approximate surface area is 154 Å². The topological polar surface area (TPSA) is 46.6 Å². The van der Waals surface area contributed by atoms with Crippen LogP contribution < -0.4 is 0 Å². The fourth-order valence-electron chi connectivity index (χ4n) is 2.84. The lowest BCUT2D eigenvalue weighted by Gasteiger charge is -2.30. The van der Waals surface area contributed by atoms with E-state index in [-0.39, 0.29) is 5.91 Å². The molecule has 1 amide bonds. The molecule has 24 heavy (non-hydrogen) atoms. The first-order valence-electron chi connectivity index (χ1n) is 7.86. The lowest BCUT2D eigenvalue weighted by molar-refractivity contribution is -0.140. The van der Waals surface area contributed by atoms with Crippen molar-refractivity contribution in [3.8, 4) is 0 Å². The number of carbonyl (C=O) groups excluding carboxylic acids is 2. The second kappa shape index (κ2) is 7.34.